The molecule has 1 aliphatic carbocycles. The number of likely N-dealkylation sites (tertiary alicyclic amines) is 1. The topological polar surface area (TPSA) is 45.8 Å². The molecular formula is C25H33N3O2S2. The van der Waals surface area contributed by atoms with Crippen LogP contribution < -0.4 is 20.1 Å². The number of ether oxygens (including phenoxy) is 2. The van der Waals surface area contributed by atoms with E-state index >= 15 is 0 Å². The molecule has 0 spiro atoms. The molecule has 1 heterocycles. The van der Waals surface area contributed by atoms with Crippen LogP contribution in [0.25, 0.3) is 0 Å². The normalized spacial score (nSPS) is 25.1. The number of thiocarbonyl (C=S) groups is 1. The molecule has 2 aliphatic rings. The number of hydrogen-bond donors (Lipinski definition) is 2. The van der Waals surface area contributed by atoms with Gasteiger partial charge >= 0.3 is 0 Å². The van der Waals surface area contributed by atoms with E-state index in [1.165, 1.54) is 16.9 Å². The summed E-state index contributed by atoms with van der Waals surface area (Å²) in [5, 5.41) is 7.63. The van der Waals surface area contributed by atoms with E-state index in [9.17, 15) is 0 Å². The molecule has 0 radical (unpaired) electrons. The number of anilines is 1. The average Bonchev–Trinajstić information content (AvgIpc) is 3.16. The minimum Gasteiger partial charge on any atom is -0.493 e. The second-order valence-electron chi connectivity index (χ2n) is 8.77. The molecule has 1 saturated heterocycles. The summed E-state index contributed by atoms with van der Waals surface area (Å²) in [7, 11) is 5.65. The maximum absolute atomic E-state index is 5.64. The minimum atomic E-state index is 0.148. The van der Waals surface area contributed by atoms with E-state index in [2.05, 4.69) is 65.2 Å². The van der Waals surface area contributed by atoms with Crippen LogP contribution in [0.15, 0.2) is 47.4 Å². The summed E-state index contributed by atoms with van der Waals surface area (Å²) in [6, 6.07) is 15.7. The van der Waals surface area contributed by atoms with Crippen LogP contribution >= 0.6 is 24.0 Å². The number of nitrogens with one attached hydrogen (secondary N) is 2. The smallest absolute Gasteiger partial charge is 0.170 e. The molecule has 0 unspecified atom stereocenters. The fraction of sp³-hybridized carbons (Fsp3) is 0.480. The molecule has 7 heteroatoms. The Labute approximate surface area is 201 Å². The van der Waals surface area contributed by atoms with Crippen molar-refractivity contribution in [2.24, 2.45) is 0 Å². The Morgan fingerprint density at radius 3 is 2.53 bits per heavy atom. The monoisotopic (exact) mass is 471 g/mol. The third-order valence-electron chi connectivity index (χ3n) is 7.17. The Bertz CT molecular complexity index is 953. The van der Waals surface area contributed by atoms with E-state index in [4.69, 9.17) is 21.7 Å². The van der Waals surface area contributed by atoms with E-state index in [0.717, 1.165) is 43.0 Å². The molecule has 0 aromatic heterocycles. The molecule has 5 nitrogen and oxygen atoms in total. The van der Waals surface area contributed by atoms with Gasteiger partial charge in [-0.3, -0.25) is 0 Å². The van der Waals surface area contributed by atoms with Crippen molar-refractivity contribution in [3.63, 3.8) is 0 Å². The van der Waals surface area contributed by atoms with Crippen LogP contribution in [-0.4, -0.2) is 56.2 Å². The number of likely N-dealkylation sites (N-methyl/N-ethyl adjacent to an activating group) is 1. The Morgan fingerprint density at radius 1 is 1.09 bits per heavy atom. The lowest BCUT2D eigenvalue weighted by atomic mass is 9.65. The number of methoxy groups -OCH3 is 2. The predicted molar refractivity (Wildman–Crippen MR) is 137 cm³/mol. The maximum atomic E-state index is 5.64. The Morgan fingerprint density at radius 2 is 1.84 bits per heavy atom. The van der Waals surface area contributed by atoms with E-state index in [-0.39, 0.29) is 5.41 Å². The molecule has 2 aromatic rings. The van der Waals surface area contributed by atoms with Gasteiger partial charge in [0, 0.05) is 28.1 Å². The number of hydrogen-bond acceptors (Lipinski definition) is 5. The molecule has 0 bridgehead atoms. The fourth-order valence-corrected chi connectivity index (χ4v) is 6.11. The molecule has 32 heavy (non-hydrogen) atoms. The van der Waals surface area contributed by atoms with E-state index in [1.807, 2.05) is 6.07 Å². The van der Waals surface area contributed by atoms with Gasteiger partial charge in [-0.15, -0.1) is 11.8 Å². The Kier molecular flexibility index (Phi) is 7.17. The molecule has 2 aromatic carbocycles. The van der Waals surface area contributed by atoms with Gasteiger partial charge in [-0.25, -0.2) is 0 Å². The summed E-state index contributed by atoms with van der Waals surface area (Å²) in [4.78, 5) is 3.76. The van der Waals surface area contributed by atoms with Gasteiger partial charge < -0.3 is 25.0 Å². The first-order chi connectivity index (χ1) is 15.5. The second kappa shape index (κ2) is 9.89. The average molecular weight is 472 g/mol. The van der Waals surface area contributed by atoms with Crippen LogP contribution in [0.3, 0.4) is 0 Å². The first kappa shape index (κ1) is 23.2. The lowest BCUT2D eigenvalue weighted by Crippen LogP contribution is -2.52. The standard InChI is InChI=1S/C25H33N3O2S2/c1-28-14-13-25(17-5-10-21(29-2)22(15-17)30-3)12-11-19(16-23(25)28)27-24(31)26-18-6-8-20(32-4)9-7-18/h5-10,15,19,23H,11-14,16H2,1-4H3,(H2,26,27,31)/t19-,23+,25+/m1/s1. The van der Waals surface area contributed by atoms with Crippen LogP contribution in [0.2, 0.25) is 0 Å². The molecule has 1 saturated carbocycles. The molecule has 2 fully saturated rings. The van der Waals surface area contributed by atoms with Gasteiger partial charge in [0.15, 0.2) is 16.6 Å². The quantitative estimate of drug-likeness (QED) is 0.459. The number of thioether (sulfide) groups is 1. The Hall–Kier alpha value is -1.96. The van der Waals surface area contributed by atoms with Gasteiger partial charge in [-0.05, 0) is 99.7 Å². The van der Waals surface area contributed by atoms with E-state index in [1.54, 1.807) is 26.0 Å². The van der Waals surface area contributed by atoms with Crippen molar-refractivity contribution in [1.82, 2.24) is 10.2 Å². The summed E-state index contributed by atoms with van der Waals surface area (Å²) in [6.45, 7) is 1.11. The van der Waals surface area contributed by atoms with Crippen LogP contribution in [0.1, 0.15) is 31.2 Å². The molecular weight excluding hydrogens is 438 g/mol. The first-order valence-electron chi connectivity index (χ1n) is 11.1. The summed E-state index contributed by atoms with van der Waals surface area (Å²) in [6.07, 6.45) is 6.53. The molecule has 2 N–H and O–H groups in total. The van der Waals surface area contributed by atoms with Crippen molar-refractivity contribution in [2.75, 3.05) is 39.4 Å². The van der Waals surface area contributed by atoms with Crippen molar-refractivity contribution in [3.8, 4) is 11.5 Å². The number of nitrogens with zero attached hydrogens (tertiary/aromatic N) is 1. The predicted octanol–water partition coefficient (Wildman–Crippen LogP) is 4.91. The highest BCUT2D eigenvalue weighted by atomic mass is 32.2. The van der Waals surface area contributed by atoms with Gasteiger partial charge in [0.1, 0.15) is 0 Å². The van der Waals surface area contributed by atoms with Gasteiger partial charge in [0.05, 0.1) is 14.2 Å². The first-order valence-corrected chi connectivity index (χ1v) is 12.8. The van der Waals surface area contributed by atoms with Crippen LogP contribution in [0.5, 0.6) is 11.5 Å². The SMILES string of the molecule is COc1ccc([C@@]23CC[C@@H](NC(=S)Nc4ccc(SC)cc4)C[C@@H]2N(C)CC3)cc1OC. The number of benzene rings is 2. The maximum Gasteiger partial charge on any atom is 0.170 e. The van der Waals surface area contributed by atoms with Crippen molar-refractivity contribution >= 4 is 34.8 Å². The Balaban J connectivity index is 1.45. The fourth-order valence-electron chi connectivity index (χ4n) is 5.42. The molecule has 4 rings (SSSR count). The summed E-state index contributed by atoms with van der Waals surface area (Å²) >= 11 is 7.38. The largest absolute Gasteiger partial charge is 0.493 e. The lowest BCUT2D eigenvalue weighted by Gasteiger charge is -2.45. The third-order valence-corrected chi connectivity index (χ3v) is 8.13. The van der Waals surface area contributed by atoms with Gasteiger partial charge in [-0.2, -0.15) is 0 Å². The zero-order valence-corrected chi connectivity index (χ0v) is 20.9. The van der Waals surface area contributed by atoms with Crippen molar-refractivity contribution in [1.29, 1.82) is 0 Å². The zero-order valence-electron chi connectivity index (χ0n) is 19.3. The van der Waals surface area contributed by atoms with Crippen LogP contribution in [0.4, 0.5) is 5.69 Å². The number of rotatable bonds is 6. The van der Waals surface area contributed by atoms with Crippen molar-refractivity contribution in [3.05, 3.63) is 48.0 Å². The van der Waals surface area contributed by atoms with Crippen LogP contribution in [-0.2, 0) is 5.41 Å². The van der Waals surface area contributed by atoms with Gasteiger partial charge in [-0.1, -0.05) is 6.07 Å². The second-order valence-corrected chi connectivity index (χ2v) is 10.1. The highest BCUT2D eigenvalue weighted by molar-refractivity contribution is 7.98. The molecule has 3 atom stereocenters. The third kappa shape index (κ3) is 4.56. The lowest BCUT2D eigenvalue weighted by molar-refractivity contribution is 0.161. The summed E-state index contributed by atoms with van der Waals surface area (Å²) in [5.41, 5.74) is 2.53. The highest BCUT2D eigenvalue weighted by Crippen LogP contribution is 2.49. The summed E-state index contributed by atoms with van der Waals surface area (Å²) < 4.78 is 11.1. The minimum absolute atomic E-state index is 0.148. The van der Waals surface area contributed by atoms with E-state index in [0.29, 0.717) is 17.2 Å². The zero-order chi connectivity index (χ0) is 22.7. The van der Waals surface area contributed by atoms with Crippen LogP contribution in [0, 0.1) is 0 Å². The molecule has 1 aliphatic heterocycles. The molecule has 172 valence electrons. The summed E-state index contributed by atoms with van der Waals surface area (Å²) in [5.74, 6) is 1.60. The number of fused-ring (bicyclic) bond motifs is 1. The van der Waals surface area contributed by atoms with Gasteiger partial charge in [0.25, 0.3) is 0 Å². The molecule has 0 amide bonds. The van der Waals surface area contributed by atoms with Crippen molar-refractivity contribution < 1.29 is 9.47 Å². The highest BCUT2D eigenvalue weighted by Gasteiger charge is 2.50. The van der Waals surface area contributed by atoms with Crippen molar-refractivity contribution in [2.45, 2.75) is 48.1 Å². The van der Waals surface area contributed by atoms with Gasteiger partial charge in [0.2, 0.25) is 0 Å². The van der Waals surface area contributed by atoms with E-state index < -0.39 is 0 Å².